The van der Waals surface area contributed by atoms with E-state index in [1.165, 1.54) is 38.5 Å². The molecule has 0 unspecified atom stereocenters. The first kappa shape index (κ1) is 27.4. The minimum absolute atomic E-state index is 0. The zero-order chi connectivity index (χ0) is 22.1. The summed E-state index contributed by atoms with van der Waals surface area (Å²) in [5.41, 5.74) is 1.37. The molecule has 1 saturated heterocycles. The number of piperidine rings is 1. The number of guanidine groups is 1. The lowest BCUT2D eigenvalue weighted by Crippen LogP contribution is -2.46. The number of aliphatic imine (C=N–C) groups is 1. The van der Waals surface area contributed by atoms with Crippen LogP contribution in [-0.2, 0) is 11.3 Å². The molecule has 2 N–H and O–H groups in total. The molecule has 0 spiro atoms. The number of likely N-dealkylation sites (tertiary alicyclic amines) is 1. The van der Waals surface area contributed by atoms with Crippen LogP contribution in [0.15, 0.2) is 9.41 Å². The number of rotatable bonds is 10. The number of nitrogens with zero attached hydrogens (tertiary/aromatic N) is 3. The van der Waals surface area contributed by atoms with E-state index in [0.29, 0.717) is 11.3 Å². The molecule has 0 aromatic carbocycles. The van der Waals surface area contributed by atoms with Gasteiger partial charge in [-0.3, -0.25) is 9.89 Å². The van der Waals surface area contributed by atoms with Crippen LogP contribution in [0.4, 0.5) is 0 Å². The van der Waals surface area contributed by atoms with Gasteiger partial charge in [0, 0.05) is 33.4 Å². The number of oxazole rings is 1. The van der Waals surface area contributed by atoms with Crippen molar-refractivity contribution in [3.8, 4) is 0 Å². The van der Waals surface area contributed by atoms with Crippen molar-refractivity contribution >= 4 is 29.9 Å². The summed E-state index contributed by atoms with van der Waals surface area (Å²) in [5, 5.41) is 7.20. The largest absolute Gasteiger partial charge is 0.444 e. The summed E-state index contributed by atoms with van der Waals surface area (Å²) in [4.78, 5) is 11.5. The Hall–Kier alpha value is -0.870. The van der Waals surface area contributed by atoms with Gasteiger partial charge in [0.2, 0.25) is 5.89 Å². The molecule has 0 amide bonds. The van der Waals surface area contributed by atoms with Crippen LogP contribution in [0.2, 0.25) is 0 Å². The lowest BCUT2D eigenvalue weighted by atomic mass is 9.83. The van der Waals surface area contributed by atoms with Crippen LogP contribution in [0.5, 0.6) is 0 Å². The molecule has 1 aromatic rings. The van der Waals surface area contributed by atoms with E-state index in [4.69, 9.17) is 9.15 Å². The van der Waals surface area contributed by atoms with E-state index < -0.39 is 0 Å². The maximum atomic E-state index is 5.75. The molecule has 32 heavy (non-hydrogen) atoms. The zero-order valence-corrected chi connectivity index (χ0v) is 22.9. The van der Waals surface area contributed by atoms with Crippen molar-refractivity contribution in [2.75, 3.05) is 46.4 Å². The molecule has 1 aliphatic heterocycles. The Morgan fingerprint density at radius 1 is 1.22 bits per heavy atom. The summed E-state index contributed by atoms with van der Waals surface area (Å²) in [6, 6.07) is 0. The van der Waals surface area contributed by atoms with Crippen molar-refractivity contribution in [2.24, 2.45) is 16.3 Å². The standard InChI is InChI=1S/C24H43N5O2.HI/c1-5-30-15-12-24(10-6-7-11-24)18-27-23(25-4)26-16-21-8-13-29(14-9-21)17-22-28-19(2)20(3)31-22;/h21H,5-18H2,1-4H3,(H2,25,26,27);1H. The van der Waals surface area contributed by atoms with Crippen LogP contribution in [0, 0.1) is 25.2 Å². The van der Waals surface area contributed by atoms with Gasteiger partial charge in [-0.1, -0.05) is 12.8 Å². The quantitative estimate of drug-likeness (QED) is 0.192. The molecule has 0 atom stereocenters. The van der Waals surface area contributed by atoms with Crippen molar-refractivity contribution in [1.29, 1.82) is 0 Å². The highest BCUT2D eigenvalue weighted by Crippen LogP contribution is 2.40. The van der Waals surface area contributed by atoms with Crippen molar-refractivity contribution < 1.29 is 9.15 Å². The molecule has 0 bridgehead atoms. The highest BCUT2D eigenvalue weighted by Gasteiger charge is 2.33. The Bertz CT molecular complexity index is 675. The second kappa shape index (κ2) is 13.7. The molecule has 2 aliphatic rings. The van der Waals surface area contributed by atoms with Crippen LogP contribution in [-0.4, -0.2) is 62.3 Å². The number of nitrogens with one attached hydrogen (secondary N) is 2. The highest BCUT2D eigenvalue weighted by atomic mass is 127. The Kier molecular flexibility index (Phi) is 11.8. The summed E-state index contributed by atoms with van der Waals surface area (Å²) in [6.07, 6.45) is 8.81. The second-order valence-corrected chi connectivity index (χ2v) is 9.43. The van der Waals surface area contributed by atoms with Crippen molar-refractivity contribution in [1.82, 2.24) is 20.5 Å². The van der Waals surface area contributed by atoms with E-state index >= 15 is 0 Å². The predicted molar refractivity (Wildman–Crippen MR) is 141 cm³/mol. The van der Waals surface area contributed by atoms with Gasteiger partial charge in [-0.15, -0.1) is 24.0 Å². The van der Waals surface area contributed by atoms with E-state index in [1.54, 1.807) is 0 Å². The zero-order valence-electron chi connectivity index (χ0n) is 20.5. The van der Waals surface area contributed by atoms with Crippen LogP contribution in [0.3, 0.4) is 0 Å². The first-order valence-corrected chi connectivity index (χ1v) is 12.2. The van der Waals surface area contributed by atoms with E-state index in [0.717, 1.165) is 75.7 Å². The molecule has 2 fully saturated rings. The average Bonchev–Trinajstić information content (AvgIpc) is 3.36. The summed E-state index contributed by atoms with van der Waals surface area (Å²) < 4.78 is 11.4. The van der Waals surface area contributed by atoms with Gasteiger partial charge in [-0.2, -0.15) is 0 Å². The van der Waals surface area contributed by atoms with Crippen LogP contribution < -0.4 is 10.6 Å². The fraction of sp³-hybridized carbons (Fsp3) is 0.833. The van der Waals surface area contributed by atoms with Crippen LogP contribution in [0.1, 0.15) is 69.2 Å². The summed E-state index contributed by atoms with van der Waals surface area (Å²) in [6.45, 7) is 12.7. The SMILES string of the molecule is CCOCCC1(CNC(=NC)NCC2CCN(Cc3nc(C)c(C)o3)CC2)CCCC1.I. The van der Waals surface area contributed by atoms with E-state index in [2.05, 4.69) is 32.4 Å². The van der Waals surface area contributed by atoms with Gasteiger partial charge in [-0.05, 0) is 77.3 Å². The van der Waals surface area contributed by atoms with Crippen LogP contribution in [0.25, 0.3) is 0 Å². The maximum Gasteiger partial charge on any atom is 0.208 e. The number of ether oxygens (including phenoxy) is 1. The molecule has 0 radical (unpaired) electrons. The molecule has 3 rings (SSSR count). The van der Waals surface area contributed by atoms with Crippen molar-refractivity contribution in [2.45, 2.75) is 72.3 Å². The molecule has 2 heterocycles. The fourth-order valence-electron chi connectivity index (χ4n) is 4.95. The highest BCUT2D eigenvalue weighted by molar-refractivity contribution is 14.0. The molecule has 1 saturated carbocycles. The number of hydrogen-bond acceptors (Lipinski definition) is 5. The van der Waals surface area contributed by atoms with Crippen molar-refractivity contribution in [3.05, 3.63) is 17.3 Å². The third-order valence-corrected chi connectivity index (χ3v) is 7.20. The van der Waals surface area contributed by atoms with Gasteiger partial charge in [-0.25, -0.2) is 4.98 Å². The van der Waals surface area contributed by atoms with Gasteiger partial charge in [0.15, 0.2) is 5.96 Å². The third kappa shape index (κ3) is 8.17. The number of aromatic nitrogens is 1. The molecule has 1 aliphatic carbocycles. The van der Waals surface area contributed by atoms with E-state index in [9.17, 15) is 0 Å². The van der Waals surface area contributed by atoms with Gasteiger partial charge in [0.05, 0.1) is 12.2 Å². The summed E-state index contributed by atoms with van der Waals surface area (Å²) in [5.74, 6) is 3.41. The molecular formula is C24H44IN5O2. The van der Waals surface area contributed by atoms with Crippen molar-refractivity contribution in [3.63, 3.8) is 0 Å². The smallest absolute Gasteiger partial charge is 0.208 e. The monoisotopic (exact) mass is 561 g/mol. The number of aryl methyl sites for hydroxylation is 2. The minimum atomic E-state index is 0. The van der Waals surface area contributed by atoms with Crippen LogP contribution >= 0.6 is 24.0 Å². The van der Waals surface area contributed by atoms with Gasteiger partial charge >= 0.3 is 0 Å². The third-order valence-electron chi connectivity index (χ3n) is 7.20. The second-order valence-electron chi connectivity index (χ2n) is 9.43. The first-order valence-electron chi connectivity index (χ1n) is 12.2. The van der Waals surface area contributed by atoms with Gasteiger partial charge in [0.25, 0.3) is 0 Å². The molecular weight excluding hydrogens is 517 g/mol. The number of halogens is 1. The predicted octanol–water partition coefficient (Wildman–Crippen LogP) is 4.27. The Morgan fingerprint density at radius 3 is 2.53 bits per heavy atom. The average molecular weight is 562 g/mol. The van der Waals surface area contributed by atoms with E-state index in [1.807, 2.05) is 20.9 Å². The molecule has 7 nitrogen and oxygen atoms in total. The normalized spacial score (nSPS) is 19.7. The van der Waals surface area contributed by atoms with Gasteiger partial charge < -0.3 is 19.8 Å². The molecule has 1 aromatic heterocycles. The summed E-state index contributed by atoms with van der Waals surface area (Å²) in [7, 11) is 1.87. The van der Waals surface area contributed by atoms with Gasteiger partial charge in [0.1, 0.15) is 5.76 Å². The lowest BCUT2D eigenvalue weighted by molar-refractivity contribution is 0.105. The molecule has 8 heteroatoms. The first-order chi connectivity index (χ1) is 15.0. The fourth-order valence-corrected chi connectivity index (χ4v) is 4.95. The Labute approximate surface area is 211 Å². The number of hydrogen-bond donors (Lipinski definition) is 2. The van der Waals surface area contributed by atoms with E-state index in [-0.39, 0.29) is 24.0 Å². The topological polar surface area (TPSA) is 74.9 Å². The summed E-state index contributed by atoms with van der Waals surface area (Å²) >= 11 is 0. The maximum absolute atomic E-state index is 5.75. The Balaban J connectivity index is 0.00000363. The Morgan fingerprint density at radius 2 is 1.94 bits per heavy atom. The molecule has 184 valence electrons. The lowest BCUT2D eigenvalue weighted by Gasteiger charge is -2.32. The minimum Gasteiger partial charge on any atom is -0.444 e.